The van der Waals surface area contributed by atoms with Crippen molar-refractivity contribution in [2.45, 2.75) is 13.8 Å². The first-order valence-electron chi connectivity index (χ1n) is 4.91. The number of nitrogens with zero attached hydrogens (tertiary/aromatic N) is 1. The molecule has 2 heteroatoms. The molecule has 0 amide bonds. The van der Waals surface area contributed by atoms with Gasteiger partial charge in [-0.25, -0.2) is 0 Å². The van der Waals surface area contributed by atoms with E-state index in [0.29, 0.717) is 0 Å². The van der Waals surface area contributed by atoms with Crippen LogP contribution in [0.1, 0.15) is 16.9 Å². The molecule has 2 aromatic rings. The minimum atomic E-state index is 0.774. The van der Waals surface area contributed by atoms with Gasteiger partial charge >= 0.3 is 0 Å². The molecule has 0 fully saturated rings. The second kappa shape index (κ2) is 4.13. The molecule has 0 saturated carbocycles. The van der Waals surface area contributed by atoms with Crippen LogP contribution in [0.2, 0.25) is 0 Å². The lowest BCUT2D eigenvalue weighted by molar-refractivity contribution is 0.560. The average molecular weight is 199 g/mol. The van der Waals surface area contributed by atoms with Gasteiger partial charge in [-0.05, 0) is 43.2 Å². The smallest absolute Gasteiger partial charge is 0.144 e. The zero-order valence-electron chi connectivity index (χ0n) is 8.90. The van der Waals surface area contributed by atoms with E-state index in [9.17, 15) is 0 Å². The number of aryl methyl sites for hydroxylation is 1. The molecule has 2 rings (SSSR count). The van der Waals surface area contributed by atoms with E-state index in [2.05, 4.69) is 24.9 Å². The summed E-state index contributed by atoms with van der Waals surface area (Å²) in [5, 5.41) is 0. The maximum atomic E-state index is 5.18. The van der Waals surface area contributed by atoms with Gasteiger partial charge in [0, 0.05) is 0 Å². The van der Waals surface area contributed by atoms with Crippen LogP contribution in [0.25, 0.3) is 0 Å². The Hall–Kier alpha value is -1.83. The van der Waals surface area contributed by atoms with E-state index < -0.39 is 0 Å². The fourth-order valence-electron chi connectivity index (χ4n) is 1.37. The summed E-state index contributed by atoms with van der Waals surface area (Å²) in [7, 11) is 0. The van der Waals surface area contributed by atoms with Crippen molar-refractivity contribution >= 4 is 11.9 Å². The normalized spacial score (nSPS) is 11.1. The van der Waals surface area contributed by atoms with Gasteiger partial charge in [0.05, 0.1) is 18.2 Å². The Bertz CT molecular complexity index is 469. The largest absolute Gasteiger partial charge is 0.463 e. The fraction of sp³-hybridized carbons (Fsp3) is 0.154. The van der Waals surface area contributed by atoms with Crippen molar-refractivity contribution in [1.29, 1.82) is 0 Å². The highest BCUT2D eigenvalue weighted by Gasteiger charge is 1.97. The maximum absolute atomic E-state index is 5.18. The van der Waals surface area contributed by atoms with Crippen molar-refractivity contribution in [3.63, 3.8) is 0 Å². The van der Waals surface area contributed by atoms with Crippen LogP contribution in [0.3, 0.4) is 0 Å². The quantitative estimate of drug-likeness (QED) is 0.678. The van der Waals surface area contributed by atoms with Crippen molar-refractivity contribution in [3.8, 4) is 0 Å². The summed E-state index contributed by atoms with van der Waals surface area (Å²) < 4.78 is 5.18. The van der Waals surface area contributed by atoms with Crippen molar-refractivity contribution in [1.82, 2.24) is 0 Å². The lowest BCUT2D eigenvalue weighted by Gasteiger charge is -2.02. The Morgan fingerprint density at radius 3 is 2.73 bits per heavy atom. The van der Waals surface area contributed by atoms with Gasteiger partial charge in [0.25, 0.3) is 0 Å². The molecule has 1 aromatic carbocycles. The van der Waals surface area contributed by atoms with E-state index >= 15 is 0 Å². The zero-order chi connectivity index (χ0) is 10.7. The lowest BCUT2D eigenvalue weighted by Crippen LogP contribution is -1.81. The van der Waals surface area contributed by atoms with Crippen LogP contribution in [0.15, 0.2) is 46.0 Å². The number of benzene rings is 1. The summed E-state index contributed by atoms with van der Waals surface area (Å²) in [6, 6.07) is 9.83. The van der Waals surface area contributed by atoms with Crippen LogP contribution in [0, 0.1) is 13.8 Å². The molecule has 0 saturated heterocycles. The predicted molar refractivity (Wildman–Crippen MR) is 61.9 cm³/mol. The number of furan rings is 1. The van der Waals surface area contributed by atoms with Crippen LogP contribution in [0.4, 0.5) is 5.69 Å². The summed E-state index contributed by atoms with van der Waals surface area (Å²) in [4.78, 5) is 4.39. The molecule has 76 valence electrons. The van der Waals surface area contributed by atoms with Crippen molar-refractivity contribution in [3.05, 3.63) is 53.5 Å². The summed E-state index contributed by atoms with van der Waals surface area (Å²) in [6.07, 6.45) is 3.38. The first-order chi connectivity index (χ1) is 7.27. The second-order valence-electron chi connectivity index (χ2n) is 3.49. The van der Waals surface area contributed by atoms with E-state index in [4.69, 9.17) is 4.42 Å². The fourth-order valence-corrected chi connectivity index (χ4v) is 1.37. The molecule has 2 nitrogen and oxygen atoms in total. The summed E-state index contributed by atoms with van der Waals surface area (Å²) >= 11 is 0. The van der Waals surface area contributed by atoms with Gasteiger partial charge in [0.2, 0.25) is 0 Å². The maximum Gasteiger partial charge on any atom is 0.144 e. The third-order valence-electron chi connectivity index (χ3n) is 2.45. The summed E-state index contributed by atoms with van der Waals surface area (Å²) in [5.74, 6) is 0.774. The molecule has 0 aliphatic carbocycles. The molecule has 1 heterocycles. The first kappa shape index (κ1) is 9.71. The second-order valence-corrected chi connectivity index (χ2v) is 3.49. The molecule has 0 aliphatic heterocycles. The van der Waals surface area contributed by atoms with Crippen LogP contribution < -0.4 is 0 Å². The molecule has 0 N–H and O–H groups in total. The SMILES string of the molecule is Cc1cccc(N=Cc2ccco2)c1C. The molecular weight excluding hydrogens is 186 g/mol. The number of aliphatic imine (C=N–C) groups is 1. The van der Waals surface area contributed by atoms with Gasteiger partial charge in [-0.2, -0.15) is 0 Å². The third kappa shape index (κ3) is 2.15. The van der Waals surface area contributed by atoms with Gasteiger partial charge in [-0.15, -0.1) is 0 Å². The van der Waals surface area contributed by atoms with E-state index in [0.717, 1.165) is 11.4 Å². The Morgan fingerprint density at radius 1 is 1.13 bits per heavy atom. The molecule has 0 bridgehead atoms. The number of rotatable bonds is 2. The molecule has 0 aliphatic rings. The van der Waals surface area contributed by atoms with Gasteiger partial charge in [0.1, 0.15) is 5.76 Å². The minimum absolute atomic E-state index is 0.774. The Kier molecular flexibility index (Phi) is 2.68. The zero-order valence-corrected chi connectivity index (χ0v) is 8.90. The van der Waals surface area contributed by atoms with Crippen molar-refractivity contribution in [2.24, 2.45) is 4.99 Å². The highest BCUT2D eigenvalue weighted by Crippen LogP contribution is 2.20. The highest BCUT2D eigenvalue weighted by atomic mass is 16.3. The first-order valence-corrected chi connectivity index (χ1v) is 4.91. The monoisotopic (exact) mass is 199 g/mol. The van der Waals surface area contributed by atoms with Gasteiger partial charge in [-0.3, -0.25) is 4.99 Å². The van der Waals surface area contributed by atoms with Crippen molar-refractivity contribution < 1.29 is 4.42 Å². The molecule has 0 atom stereocenters. The Morgan fingerprint density at radius 2 is 2.00 bits per heavy atom. The third-order valence-corrected chi connectivity index (χ3v) is 2.45. The van der Waals surface area contributed by atoms with E-state index in [1.54, 1.807) is 12.5 Å². The molecule has 0 spiro atoms. The van der Waals surface area contributed by atoms with Crippen LogP contribution in [-0.4, -0.2) is 6.21 Å². The topological polar surface area (TPSA) is 25.5 Å². The lowest BCUT2D eigenvalue weighted by atomic mass is 10.1. The van der Waals surface area contributed by atoms with Crippen LogP contribution in [-0.2, 0) is 0 Å². The van der Waals surface area contributed by atoms with E-state index in [1.807, 2.05) is 24.3 Å². The average Bonchev–Trinajstić information content (AvgIpc) is 2.73. The molecule has 1 aromatic heterocycles. The standard InChI is InChI=1S/C13H13NO/c1-10-5-3-7-13(11(10)2)14-9-12-6-4-8-15-12/h3-9H,1-2H3. The minimum Gasteiger partial charge on any atom is -0.463 e. The summed E-state index contributed by atoms with van der Waals surface area (Å²) in [6.45, 7) is 4.16. The van der Waals surface area contributed by atoms with Gasteiger partial charge in [0.15, 0.2) is 0 Å². The summed E-state index contributed by atoms with van der Waals surface area (Å²) in [5.41, 5.74) is 3.45. The van der Waals surface area contributed by atoms with Crippen LogP contribution in [0.5, 0.6) is 0 Å². The number of hydrogen-bond donors (Lipinski definition) is 0. The Balaban J connectivity index is 2.28. The van der Waals surface area contributed by atoms with Crippen LogP contribution >= 0.6 is 0 Å². The van der Waals surface area contributed by atoms with E-state index in [-0.39, 0.29) is 0 Å². The van der Waals surface area contributed by atoms with E-state index in [1.165, 1.54) is 11.1 Å². The number of hydrogen-bond acceptors (Lipinski definition) is 2. The molecule has 15 heavy (non-hydrogen) atoms. The molecule has 0 unspecified atom stereocenters. The molecular formula is C13H13NO. The highest BCUT2D eigenvalue weighted by molar-refractivity contribution is 5.79. The van der Waals surface area contributed by atoms with Gasteiger partial charge < -0.3 is 4.42 Å². The predicted octanol–water partition coefficient (Wildman–Crippen LogP) is 3.65. The van der Waals surface area contributed by atoms with Crippen molar-refractivity contribution in [2.75, 3.05) is 0 Å². The van der Waals surface area contributed by atoms with Gasteiger partial charge in [-0.1, -0.05) is 12.1 Å². The Labute approximate surface area is 89.3 Å². The molecule has 0 radical (unpaired) electrons.